The highest BCUT2D eigenvalue weighted by molar-refractivity contribution is 5.75. The van der Waals surface area contributed by atoms with Gasteiger partial charge in [-0.25, -0.2) is 0 Å². The molecule has 0 aromatic heterocycles. The smallest absolute Gasteiger partial charge is 0.129 e. The van der Waals surface area contributed by atoms with Crippen LogP contribution in [-0.2, 0) is 4.79 Å². The lowest BCUT2D eigenvalue weighted by Crippen LogP contribution is -2.33. The number of ketones is 1. The second kappa shape index (κ2) is 16.7. The third-order valence-corrected chi connectivity index (χ3v) is 3.79. The summed E-state index contributed by atoms with van der Waals surface area (Å²) in [5.74, 6) is 0.912. The molecule has 2 atom stereocenters. The van der Waals surface area contributed by atoms with Gasteiger partial charge in [0.2, 0.25) is 0 Å². The number of hydrogen-bond donors (Lipinski definition) is 1. The minimum absolute atomic E-state index is 0.299. The number of carbonyl (C=O) groups excluding carboxylic acids is 1. The first-order valence-corrected chi connectivity index (χ1v) is 8.86. The number of nitrogens with two attached hydrogens (primary N) is 1. The van der Waals surface area contributed by atoms with Gasteiger partial charge in [-0.2, -0.15) is 0 Å². The van der Waals surface area contributed by atoms with Crippen LogP contribution in [0.3, 0.4) is 0 Å². The summed E-state index contributed by atoms with van der Waals surface area (Å²) in [7, 11) is 0. The third kappa shape index (κ3) is 14.0. The van der Waals surface area contributed by atoms with Crippen LogP contribution in [0.1, 0.15) is 98.8 Å². The van der Waals surface area contributed by atoms with Gasteiger partial charge in [-0.05, 0) is 32.1 Å². The van der Waals surface area contributed by atoms with Crippen molar-refractivity contribution in [3.8, 4) is 0 Å². The van der Waals surface area contributed by atoms with Crippen molar-refractivity contribution in [2.24, 2.45) is 11.7 Å². The van der Waals surface area contributed by atoms with Gasteiger partial charge in [0, 0.05) is 12.5 Å². The van der Waals surface area contributed by atoms with Crippen LogP contribution in [0.5, 0.6) is 0 Å². The normalized spacial score (nSPS) is 21.1. The van der Waals surface area contributed by atoms with E-state index in [1.54, 1.807) is 6.92 Å². The van der Waals surface area contributed by atoms with E-state index in [4.69, 9.17) is 5.73 Å². The maximum atomic E-state index is 10.8. The van der Waals surface area contributed by atoms with Gasteiger partial charge >= 0.3 is 0 Å². The summed E-state index contributed by atoms with van der Waals surface area (Å²) in [4.78, 5) is 10.8. The molecular weight excluding hydrogens is 246 g/mol. The molecule has 1 saturated carbocycles. The number of Topliss-reactive ketones (excluding diaryl/α,β-unsaturated/α-hetero) is 1. The average molecular weight is 286 g/mol. The number of rotatable bonds is 6. The van der Waals surface area contributed by atoms with Crippen LogP contribution < -0.4 is 5.73 Å². The molecule has 0 aromatic rings. The highest BCUT2D eigenvalue weighted by Gasteiger charge is 2.21. The molecule has 1 rings (SSSR count). The molecule has 0 aliphatic heterocycles. The molecule has 2 N–H and O–H groups in total. The summed E-state index contributed by atoms with van der Waals surface area (Å²) in [6.07, 6.45) is 12.2. The Bertz CT molecular complexity index is 200. The van der Waals surface area contributed by atoms with Crippen molar-refractivity contribution in [1.82, 2.24) is 0 Å². The van der Waals surface area contributed by atoms with Crippen LogP contribution in [-0.4, -0.2) is 11.8 Å². The first kappa shape index (κ1) is 21.9. The molecule has 2 heteroatoms. The fourth-order valence-electron chi connectivity index (χ4n) is 2.48. The Morgan fingerprint density at radius 3 is 1.95 bits per heavy atom. The molecule has 122 valence electrons. The molecule has 2 unspecified atom stereocenters. The third-order valence-electron chi connectivity index (χ3n) is 3.79. The van der Waals surface area contributed by atoms with Crippen molar-refractivity contribution in [2.45, 2.75) is 105 Å². The summed E-state index contributed by atoms with van der Waals surface area (Å²) >= 11 is 0. The molecule has 0 spiro atoms. The molecule has 1 aliphatic rings. The lowest BCUT2D eigenvalue weighted by Gasteiger charge is -2.28. The molecule has 0 radical (unpaired) electrons. The van der Waals surface area contributed by atoms with E-state index in [0.717, 1.165) is 19.3 Å². The van der Waals surface area contributed by atoms with E-state index >= 15 is 0 Å². The van der Waals surface area contributed by atoms with Gasteiger partial charge in [0.1, 0.15) is 5.78 Å². The van der Waals surface area contributed by atoms with Gasteiger partial charge in [0.25, 0.3) is 0 Å². The molecule has 0 bridgehead atoms. The molecule has 0 aromatic carbocycles. The quantitative estimate of drug-likeness (QED) is 0.656. The molecule has 0 amide bonds. The van der Waals surface area contributed by atoms with Crippen LogP contribution in [0.15, 0.2) is 0 Å². The van der Waals surface area contributed by atoms with Crippen molar-refractivity contribution in [1.29, 1.82) is 0 Å². The SMILES string of the molecule is CC.CC(=O)CCC1CCCCC1N.CCCCCC. The average Bonchev–Trinajstić information content (AvgIpc) is 2.47. The largest absolute Gasteiger partial charge is 0.327 e. The first-order valence-electron chi connectivity index (χ1n) is 8.86. The first-order chi connectivity index (χ1) is 9.61. The highest BCUT2D eigenvalue weighted by atomic mass is 16.1. The predicted octanol–water partition coefficient (Wildman–Crippen LogP) is 5.49. The fourth-order valence-corrected chi connectivity index (χ4v) is 2.48. The van der Waals surface area contributed by atoms with Crippen LogP contribution in [0.4, 0.5) is 0 Å². The van der Waals surface area contributed by atoms with Crippen molar-refractivity contribution < 1.29 is 4.79 Å². The lowest BCUT2D eigenvalue weighted by atomic mass is 9.82. The van der Waals surface area contributed by atoms with Crippen LogP contribution in [0.2, 0.25) is 0 Å². The van der Waals surface area contributed by atoms with Crippen LogP contribution in [0, 0.1) is 5.92 Å². The lowest BCUT2D eigenvalue weighted by molar-refractivity contribution is -0.117. The van der Waals surface area contributed by atoms with Gasteiger partial charge in [-0.1, -0.05) is 66.2 Å². The Morgan fingerprint density at radius 2 is 1.55 bits per heavy atom. The van der Waals surface area contributed by atoms with Gasteiger partial charge < -0.3 is 10.5 Å². The Labute approximate surface area is 127 Å². The van der Waals surface area contributed by atoms with Gasteiger partial charge in [-0.3, -0.25) is 0 Å². The van der Waals surface area contributed by atoms with Gasteiger partial charge in [0.05, 0.1) is 0 Å². The van der Waals surface area contributed by atoms with Gasteiger partial charge in [0.15, 0.2) is 0 Å². The van der Waals surface area contributed by atoms with Crippen molar-refractivity contribution in [2.75, 3.05) is 0 Å². The molecule has 0 heterocycles. The Kier molecular flexibility index (Phi) is 18.3. The summed E-state index contributed by atoms with van der Waals surface area (Å²) in [6, 6.07) is 0.359. The number of unbranched alkanes of at least 4 members (excludes halogenated alkanes) is 3. The zero-order valence-electron chi connectivity index (χ0n) is 14.7. The van der Waals surface area contributed by atoms with E-state index in [0.29, 0.717) is 17.7 Å². The fraction of sp³-hybridized carbons (Fsp3) is 0.944. The summed E-state index contributed by atoms with van der Waals surface area (Å²) in [6.45, 7) is 10.1. The van der Waals surface area contributed by atoms with Crippen molar-refractivity contribution in [3.05, 3.63) is 0 Å². The molecule has 1 fully saturated rings. The monoisotopic (exact) mass is 285 g/mol. The highest BCUT2D eigenvalue weighted by Crippen LogP contribution is 2.26. The van der Waals surface area contributed by atoms with Crippen molar-refractivity contribution >= 4 is 5.78 Å². The topological polar surface area (TPSA) is 43.1 Å². The second-order valence-electron chi connectivity index (χ2n) is 5.66. The Balaban J connectivity index is 0. The van der Waals surface area contributed by atoms with E-state index in [1.807, 2.05) is 13.8 Å². The standard InChI is InChI=1S/C10H19NO.C6H14.C2H6/c1-8(12)6-7-9-4-2-3-5-10(9)11;1-3-5-6-4-2;1-2/h9-10H,2-7,11H2,1H3;3-6H2,1-2H3;1-2H3. The summed E-state index contributed by atoms with van der Waals surface area (Å²) < 4.78 is 0. The maximum Gasteiger partial charge on any atom is 0.129 e. The van der Waals surface area contributed by atoms with Crippen LogP contribution >= 0.6 is 0 Å². The molecular formula is C18H39NO. The van der Waals surface area contributed by atoms with Gasteiger partial charge in [-0.15, -0.1) is 0 Å². The minimum atomic E-state index is 0.299. The Hall–Kier alpha value is -0.370. The minimum Gasteiger partial charge on any atom is -0.327 e. The zero-order valence-corrected chi connectivity index (χ0v) is 14.7. The maximum absolute atomic E-state index is 10.8. The predicted molar refractivity (Wildman–Crippen MR) is 91.0 cm³/mol. The van der Waals surface area contributed by atoms with E-state index in [2.05, 4.69) is 13.8 Å². The molecule has 1 aliphatic carbocycles. The van der Waals surface area contributed by atoms with E-state index in [-0.39, 0.29) is 0 Å². The number of hydrogen-bond acceptors (Lipinski definition) is 2. The van der Waals surface area contributed by atoms with Crippen molar-refractivity contribution in [3.63, 3.8) is 0 Å². The Morgan fingerprint density at radius 1 is 1.05 bits per heavy atom. The molecule has 0 saturated heterocycles. The summed E-state index contributed by atoms with van der Waals surface area (Å²) in [5, 5.41) is 0. The van der Waals surface area contributed by atoms with Crippen LogP contribution in [0.25, 0.3) is 0 Å². The van der Waals surface area contributed by atoms with E-state index < -0.39 is 0 Å². The zero-order chi connectivity index (χ0) is 15.8. The van der Waals surface area contributed by atoms with E-state index in [9.17, 15) is 4.79 Å². The summed E-state index contributed by atoms with van der Waals surface area (Å²) in [5.41, 5.74) is 5.95. The second-order valence-corrected chi connectivity index (χ2v) is 5.66. The molecule has 2 nitrogen and oxygen atoms in total. The van der Waals surface area contributed by atoms with E-state index in [1.165, 1.54) is 44.9 Å². The molecule has 20 heavy (non-hydrogen) atoms. The number of carbonyl (C=O) groups is 1.